The lowest BCUT2D eigenvalue weighted by atomic mass is 10.0. The summed E-state index contributed by atoms with van der Waals surface area (Å²) >= 11 is 0. The smallest absolute Gasteiger partial charge is 0.123 e. The van der Waals surface area contributed by atoms with Gasteiger partial charge in [0.2, 0.25) is 0 Å². The van der Waals surface area contributed by atoms with Crippen LogP contribution in [-0.4, -0.2) is 31.1 Å². The average molecular weight is 252 g/mol. The summed E-state index contributed by atoms with van der Waals surface area (Å²) in [4.78, 5) is 2.41. The first-order chi connectivity index (χ1) is 8.71. The second-order valence-electron chi connectivity index (χ2n) is 4.48. The van der Waals surface area contributed by atoms with Gasteiger partial charge >= 0.3 is 0 Å². The van der Waals surface area contributed by atoms with E-state index in [1.54, 1.807) is 0 Å². The van der Waals surface area contributed by atoms with Crippen LogP contribution >= 0.6 is 0 Å². The fraction of sp³-hybridized carbons (Fsp3) is 0.600. The van der Waals surface area contributed by atoms with Crippen molar-refractivity contribution in [1.82, 2.24) is 10.2 Å². The van der Waals surface area contributed by atoms with Crippen molar-refractivity contribution in [1.29, 1.82) is 0 Å². The maximum atomic E-state index is 12.9. The Kier molecular flexibility index (Phi) is 6.91. The Morgan fingerprint density at radius 2 is 1.72 bits per heavy atom. The van der Waals surface area contributed by atoms with Gasteiger partial charge in [0.1, 0.15) is 5.82 Å². The number of halogens is 1. The summed E-state index contributed by atoms with van der Waals surface area (Å²) in [6, 6.07) is 7.15. The minimum Gasteiger partial charge on any atom is -0.310 e. The Bertz CT molecular complexity index is 320. The molecule has 2 nitrogen and oxygen atoms in total. The van der Waals surface area contributed by atoms with Crippen LogP contribution in [0.5, 0.6) is 0 Å². The maximum Gasteiger partial charge on any atom is 0.123 e. The summed E-state index contributed by atoms with van der Waals surface area (Å²) in [6.07, 6.45) is 1.06. The van der Waals surface area contributed by atoms with Crippen molar-refractivity contribution in [3.63, 3.8) is 0 Å². The van der Waals surface area contributed by atoms with E-state index in [4.69, 9.17) is 0 Å². The lowest BCUT2D eigenvalue weighted by Crippen LogP contribution is -2.29. The monoisotopic (exact) mass is 252 g/mol. The van der Waals surface area contributed by atoms with Crippen LogP contribution in [0.25, 0.3) is 0 Å². The third kappa shape index (κ3) is 4.75. The second kappa shape index (κ2) is 8.22. The Morgan fingerprint density at radius 1 is 1.11 bits per heavy atom. The topological polar surface area (TPSA) is 15.3 Å². The molecule has 0 bridgehead atoms. The van der Waals surface area contributed by atoms with E-state index in [0.717, 1.165) is 32.6 Å². The molecule has 0 fully saturated rings. The molecule has 1 unspecified atom stereocenters. The molecule has 102 valence electrons. The predicted molar refractivity (Wildman–Crippen MR) is 75.2 cm³/mol. The summed E-state index contributed by atoms with van der Waals surface area (Å²) in [5.41, 5.74) is 1.17. The highest BCUT2D eigenvalue weighted by Crippen LogP contribution is 2.17. The molecule has 0 aliphatic carbocycles. The van der Waals surface area contributed by atoms with Crippen molar-refractivity contribution in [3.8, 4) is 0 Å². The number of hydrogen-bond acceptors (Lipinski definition) is 2. The van der Waals surface area contributed by atoms with Gasteiger partial charge in [0, 0.05) is 6.04 Å². The van der Waals surface area contributed by atoms with Crippen molar-refractivity contribution in [2.45, 2.75) is 33.2 Å². The van der Waals surface area contributed by atoms with E-state index in [0.29, 0.717) is 6.04 Å². The lowest BCUT2D eigenvalue weighted by Gasteiger charge is -2.23. The minimum atomic E-state index is -0.169. The number of nitrogens with one attached hydrogen (secondary N) is 1. The zero-order valence-electron chi connectivity index (χ0n) is 11.7. The molecule has 1 rings (SSSR count). The highest BCUT2D eigenvalue weighted by Gasteiger charge is 2.11. The lowest BCUT2D eigenvalue weighted by molar-refractivity contribution is 0.282. The first-order valence-electron chi connectivity index (χ1n) is 6.92. The molecule has 0 saturated heterocycles. The van der Waals surface area contributed by atoms with E-state index >= 15 is 0 Å². The van der Waals surface area contributed by atoms with Gasteiger partial charge in [0.05, 0.1) is 0 Å². The van der Waals surface area contributed by atoms with Gasteiger partial charge in [-0.15, -0.1) is 0 Å². The largest absolute Gasteiger partial charge is 0.310 e. The van der Waals surface area contributed by atoms with Crippen LogP contribution in [0, 0.1) is 5.82 Å². The van der Waals surface area contributed by atoms with Gasteiger partial charge in [-0.2, -0.15) is 0 Å². The number of nitrogens with zero attached hydrogens (tertiary/aromatic N) is 1. The van der Waals surface area contributed by atoms with Crippen LogP contribution < -0.4 is 5.32 Å². The zero-order valence-corrected chi connectivity index (χ0v) is 11.7. The summed E-state index contributed by atoms with van der Waals surface area (Å²) in [7, 11) is 0. The molecule has 0 radical (unpaired) electrons. The van der Waals surface area contributed by atoms with Crippen molar-refractivity contribution in [2.75, 3.05) is 26.2 Å². The molecule has 1 aromatic rings. The zero-order chi connectivity index (χ0) is 13.4. The standard InChI is InChI=1S/C15H25FN2/c1-4-17-15(11-12-18(5-2)6-3)13-7-9-14(16)10-8-13/h7-10,15,17H,4-6,11-12H2,1-3H3. The highest BCUT2D eigenvalue weighted by atomic mass is 19.1. The molecular formula is C15H25FN2. The predicted octanol–water partition coefficient (Wildman–Crippen LogP) is 3.21. The normalized spacial score (nSPS) is 12.9. The van der Waals surface area contributed by atoms with Crippen molar-refractivity contribution < 1.29 is 4.39 Å². The maximum absolute atomic E-state index is 12.9. The molecule has 0 aliphatic heterocycles. The quantitative estimate of drug-likeness (QED) is 0.764. The van der Waals surface area contributed by atoms with Crippen LogP contribution in [0.2, 0.25) is 0 Å². The SMILES string of the molecule is CCNC(CCN(CC)CC)c1ccc(F)cc1. The Balaban J connectivity index is 2.61. The average Bonchev–Trinajstić information content (AvgIpc) is 2.39. The van der Waals surface area contributed by atoms with Crippen LogP contribution in [0.1, 0.15) is 38.8 Å². The molecule has 1 N–H and O–H groups in total. The fourth-order valence-corrected chi connectivity index (χ4v) is 2.18. The molecule has 18 heavy (non-hydrogen) atoms. The molecule has 1 aromatic carbocycles. The summed E-state index contributed by atoms with van der Waals surface area (Å²) < 4.78 is 12.9. The van der Waals surface area contributed by atoms with Gasteiger partial charge in [-0.25, -0.2) is 4.39 Å². The number of rotatable bonds is 8. The van der Waals surface area contributed by atoms with Crippen LogP contribution in [0.15, 0.2) is 24.3 Å². The van der Waals surface area contributed by atoms with Crippen LogP contribution in [-0.2, 0) is 0 Å². The van der Waals surface area contributed by atoms with Gasteiger partial charge in [0.15, 0.2) is 0 Å². The first-order valence-corrected chi connectivity index (χ1v) is 6.92. The third-order valence-corrected chi connectivity index (χ3v) is 3.35. The molecule has 0 amide bonds. The molecule has 0 heterocycles. The van der Waals surface area contributed by atoms with Crippen molar-refractivity contribution in [2.24, 2.45) is 0 Å². The number of benzene rings is 1. The van der Waals surface area contributed by atoms with E-state index in [-0.39, 0.29) is 5.82 Å². The Labute approximate surface area is 110 Å². The molecule has 3 heteroatoms. The first kappa shape index (κ1) is 15.1. The van der Waals surface area contributed by atoms with E-state index < -0.39 is 0 Å². The Hall–Kier alpha value is -0.930. The van der Waals surface area contributed by atoms with Gasteiger partial charge < -0.3 is 10.2 Å². The summed E-state index contributed by atoms with van der Waals surface area (Å²) in [6.45, 7) is 10.6. The third-order valence-electron chi connectivity index (χ3n) is 3.35. The van der Waals surface area contributed by atoms with E-state index in [2.05, 4.69) is 31.0 Å². The van der Waals surface area contributed by atoms with Crippen molar-refractivity contribution >= 4 is 0 Å². The van der Waals surface area contributed by atoms with Gasteiger partial charge in [-0.05, 0) is 50.3 Å². The molecule has 1 atom stereocenters. The number of hydrogen-bond donors (Lipinski definition) is 1. The summed E-state index contributed by atoms with van der Waals surface area (Å²) in [5.74, 6) is -0.169. The molecule has 0 spiro atoms. The van der Waals surface area contributed by atoms with Gasteiger partial charge in [0.25, 0.3) is 0 Å². The molecular weight excluding hydrogens is 227 g/mol. The van der Waals surface area contributed by atoms with Gasteiger partial charge in [-0.1, -0.05) is 32.9 Å². The summed E-state index contributed by atoms with van der Waals surface area (Å²) in [5, 5.41) is 3.47. The fourth-order valence-electron chi connectivity index (χ4n) is 2.18. The second-order valence-corrected chi connectivity index (χ2v) is 4.48. The van der Waals surface area contributed by atoms with E-state index in [1.807, 2.05) is 12.1 Å². The minimum absolute atomic E-state index is 0.169. The molecule has 0 aromatic heterocycles. The van der Waals surface area contributed by atoms with E-state index in [1.165, 1.54) is 17.7 Å². The van der Waals surface area contributed by atoms with Crippen molar-refractivity contribution in [3.05, 3.63) is 35.6 Å². The molecule has 0 aliphatic rings. The Morgan fingerprint density at radius 3 is 2.22 bits per heavy atom. The van der Waals surface area contributed by atoms with E-state index in [9.17, 15) is 4.39 Å². The van der Waals surface area contributed by atoms with Gasteiger partial charge in [-0.3, -0.25) is 0 Å². The highest BCUT2D eigenvalue weighted by molar-refractivity contribution is 5.19. The van der Waals surface area contributed by atoms with Crippen LogP contribution in [0.4, 0.5) is 4.39 Å². The molecule has 0 saturated carbocycles. The van der Waals surface area contributed by atoms with Crippen LogP contribution in [0.3, 0.4) is 0 Å².